The molecule has 0 aliphatic carbocycles. The molecule has 0 saturated heterocycles. The Morgan fingerprint density at radius 2 is 2.14 bits per heavy atom. The summed E-state index contributed by atoms with van der Waals surface area (Å²) in [6, 6.07) is 5.46. The first kappa shape index (κ1) is 11.9. The van der Waals surface area contributed by atoms with E-state index in [0.29, 0.717) is 5.88 Å². The van der Waals surface area contributed by atoms with Crippen LogP contribution in [-0.2, 0) is 4.74 Å². The number of aromatic nitrogens is 1. The number of pyridine rings is 1. The smallest absolute Gasteiger partial charge is 0.245 e. The van der Waals surface area contributed by atoms with Crippen LogP contribution in [0, 0.1) is 0 Å². The van der Waals surface area contributed by atoms with E-state index in [2.05, 4.69) is 36.8 Å². The van der Waals surface area contributed by atoms with Crippen LogP contribution in [0.25, 0.3) is 0 Å². The quantitative estimate of drug-likeness (QED) is 0.798. The second-order valence-electron chi connectivity index (χ2n) is 2.71. The summed E-state index contributed by atoms with van der Waals surface area (Å²) in [7, 11) is 1.61. The molecule has 0 spiro atoms. The second-order valence-corrected chi connectivity index (χ2v) is 6.13. The number of halogens is 2. The molecule has 1 unspecified atom stereocenters. The lowest BCUT2D eigenvalue weighted by molar-refractivity contribution is 0.0441. The van der Waals surface area contributed by atoms with Gasteiger partial charge in [0.25, 0.3) is 0 Å². The van der Waals surface area contributed by atoms with E-state index in [1.807, 2.05) is 19.1 Å². The van der Waals surface area contributed by atoms with Gasteiger partial charge >= 0.3 is 0 Å². The summed E-state index contributed by atoms with van der Waals surface area (Å²) in [6.45, 7) is 1.88. The Morgan fingerprint density at radius 3 is 2.64 bits per heavy atom. The highest BCUT2D eigenvalue weighted by Gasteiger charge is 2.33. The zero-order valence-corrected chi connectivity index (χ0v) is 11.1. The van der Waals surface area contributed by atoms with Crippen LogP contribution in [0.3, 0.4) is 0 Å². The molecule has 0 amide bonds. The summed E-state index contributed by atoms with van der Waals surface area (Å²) in [5.74, 6) is 0.533. The van der Waals surface area contributed by atoms with Gasteiger partial charge in [0.2, 0.25) is 9.30 Å². The van der Waals surface area contributed by atoms with E-state index < -0.39 is 3.42 Å². The molecule has 0 aliphatic heterocycles. The molecule has 1 atom stereocenters. The minimum atomic E-state index is -0.747. The molecule has 3 nitrogen and oxygen atoms in total. The van der Waals surface area contributed by atoms with Crippen molar-refractivity contribution < 1.29 is 9.47 Å². The first-order chi connectivity index (χ1) is 6.56. The number of hydrogen-bond donors (Lipinski definition) is 0. The largest absolute Gasteiger partial charge is 0.446 e. The summed E-state index contributed by atoms with van der Waals surface area (Å²) in [4.78, 5) is 4.04. The normalized spacial score (nSPS) is 13.7. The number of methoxy groups -OCH3 is 1. The van der Waals surface area contributed by atoms with Crippen LogP contribution in [0.2, 0.25) is 0 Å². The second kappa shape index (κ2) is 5.09. The van der Waals surface area contributed by atoms with Crippen LogP contribution in [0.4, 0.5) is 0 Å². The van der Waals surface area contributed by atoms with Crippen molar-refractivity contribution in [2.45, 2.75) is 16.4 Å². The molecule has 14 heavy (non-hydrogen) atoms. The van der Waals surface area contributed by atoms with E-state index in [9.17, 15) is 0 Å². The van der Waals surface area contributed by atoms with Crippen LogP contribution in [-0.4, -0.2) is 21.6 Å². The minimum absolute atomic E-state index is 0.149. The van der Waals surface area contributed by atoms with Crippen molar-refractivity contribution in [3.05, 3.63) is 24.4 Å². The summed E-state index contributed by atoms with van der Waals surface area (Å²) in [6.07, 6.45) is 1.52. The molecule has 0 radical (unpaired) electrons. The van der Waals surface area contributed by atoms with Gasteiger partial charge in [0, 0.05) is 19.4 Å². The molecule has 5 heteroatoms. The van der Waals surface area contributed by atoms with E-state index in [1.54, 1.807) is 19.4 Å². The van der Waals surface area contributed by atoms with Crippen molar-refractivity contribution in [1.82, 2.24) is 4.98 Å². The number of ether oxygens (including phenoxy) is 2. The summed E-state index contributed by atoms with van der Waals surface area (Å²) in [5, 5.41) is 0. The fourth-order valence-corrected chi connectivity index (χ4v) is 1.47. The third kappa shape index (κ3) is 3.22. The Labute approximate surface area is 100 Å². The van der Waals surface area contributed by atoms with E-state index in [0.717, 1.165) is 0 Å². The fourth-order valence-electron chi connectivity index (χ4n) is 0.767. The zero-order valence-electron chi connectivity index (χ0n) is 7.91. The maximum absolute atomic E-state index is 5.55. The monoisotopic (exact) mass is 323 g/mol. The van der Waals surface area contributed by atoms with Gasteiger partial charge in [-0.1, -0.05) is 6.07 Å². The Bertz CT molecular complexity index is 279. The molecule has 1 aromatic heterocycles. The third-order valence-corrected chi connectivity index (χ3v) is 3.32. The SMILES string of the molecule is COC(C)C(Br)(Br)Oc1ccccn1. The van der Waals surface area contributed by atoms with Crippen molar-refractivity contribution in [3.63, 3.8) is 0 Å². The van der Waals surface area contributed by atoms with Crippen LogP contribution in [0.1, 0.15) is 6.92 Å². The lowest BCUT2D eigenvalue weighted by atomic mass is 10.4. The van der Waals surface area contributed by atoms with Gasteiger partial charge in [-0.2, -0.15) is 0 Å². The number of nitrogens with zero attached hydrogens (tertiary/aromatic N) is 1. The predicted octanol–water partition coefficient (Wildman–Crippen LogP) is 2.94. The van der Waals surface area contributed by atoms with Crippen LogP contribution in [0.15, 0.2) is 24.4 Å². The molecule has 1 aromatic rings. The average Bonchev–Trinajstić information content (AvgIpc) is 2.17. The summed E-state index contributed by atoms with van der Waals surface area (Å²) >= 11 is 6.75. The lowest BCUT2D eigenvalue weighted by Crippen LogP contribution is -2.35. The van der Waals surface area contributed by atoms with Crippen molar-refractivity contribution in [2.24, 2.45) is 0 Å². The van der Waals surface area contributed by atoms with Crippen molar-refractivity contribution >= 4 is 31.9 Å². The lowest BCUT2D eigenvalue weighted by Gasteiger charge is -2.26. The first-order valence-corrected chi connectivity index (χ1v) is 5.65. The molecule has 1 rings (SSSR count). The van der Waals surface area contributed by atoms with Gasteiger partial charge in [-0.05, 0) is 44.8 Å². The Morgan fingerprint density at radius 1 is 1.43 bits per heavy atom. The van der Waals surface area contributed by atoms with Crippen molar-refractivity contribution in [3.8, 4) is 5.88 Å². The Balaban J connectivity index is 2.68. The highest BCUT2D eigenvalue weighted by Crippen LogP contribution is 2.33. The van der Waals surface area contributed by atoms with Crippen LogP contribution in [0.5, 0.6) is 5.88 Å². The maximum atomic E-state index is 5.55. The van der Waals surface area contributed by atoms with Gasteiger partial charge < -0.3 is 9.47 Å². The molecule has 0 aromatic carbocycles. The average molecular weight is 325 g/mol. The summed E-state index contributed by atoms with van der Waals surface area (Å²) in [5.41, 5.74) is 0. The highest BCUT2D eigenvalue weighted by atomic mass is 79.9. The molecule has 0 bridgehead atoms. The highest BCUT2D eigenvalue weighted by molar-refractivity contribution is 9.25. The topological polar surface area (TPSA) is 31.4 Å². The van der Waals surface area contributed by atoms with Crippen LogP contribution < -0.4 is 4.74 Å². The number of alkyl halides is 2. The maximum Gasteiger partial charge on any atom is 0.245 e. The third-order valence-electron chi connectivity index (χ3n) is 1.71. The van der Waals surface area contributed by atoms with Gasteiger partial charge in [0.1, 0.15) is 6.10 Å². The van der Waals surface area contributed by atoms with E-state index in [-0.39, 0.29) is 6.10 Å². The zero-order chi connectivity index (χ0) is 10.6. The van der Waals surface area contributed by atoms with Gasteiger partial charge in [0.05, 0.1) is 0 Å². The van der Waals surface area contributed by atoms with E-state index in [4.69, 9.17) is 9.47 Å². The molecular weight excluding hydrogens is 314 g/mol. The van der Waals surface area contributed by atoms with Crippen LogP contribution >= 0.6 is 31.9 Å². The van der Waals surface area contributed by atoms with Crippen molar-refractivity contribution in [2.75, 3.05) is 7.11 Å². The number of hydrogen-bond acceptors (Lipinski definition) is 3. The molecule has 0 aliphatic rings. The summed E-state index contributed by atoms with van der Waals surface area (Å²) < 4.78 is 9.95. The van der Waals surface area contributed by atoms with Crippen molar-refractivity contribution in [1.29, 1.82) is 0 Å². The first-order valence-electron chi connectivity index (χ1n) is 4.07. The van der Waals surface area contributed by atoms with E-state index >= 15 is 0 Å². The molecule has 0 fully saturated rings. The Hall–Kier alpha value is -0.130. The van der Waals surface area contributed by atoms with Gasteiger partial charge in [-0.15, -0.1) is 0 Å². The van der Waals surface area contributed by atoms with Gasteiger partial charge in [-0.3, -0.25) is 0 Å². The Kier molecular flexibility index (Phi) is 4.34. The molecule has 0 saturated carbocycles. The molecule has 0 N–H and O–H groups in total. The van der Waals surface area contributed by atoms with E-state index in [1.165, 1.54) is 0 Å². The predicted molar refractivity (Wildman–Crippen MR) is 61.9 cm³/mol. The standard InChI is InChI=1S/C9H11Br2NO2/c1-7(13-2)9(10,11)14-8-5-3-4-6-12-8/h3-7H,1-2H3. The molecular formula is C9H11Br2NO2. The number of rotatable bonds is 4. The fraction of sp³-hybridized carbons (Fsp3) is 0.444. The minimum Gasteiger partial charge on any atom is -0.446 e. The van der Waals surface area contributed by atoms with Gasteiger partial charge in [-0.25, -0.2) is 4.98 Å². The molecule has 1 heterocycles. The van der Waals surface area contributed by atoms with Gasteiger partial charge in [0.15, 0.2) is 0 Å². The molecule has 78 valence electrons.